The molecule has 1 heterocycles. The van der Waals surface area contributed by atoms with Crippen LogP contribution in [0.15, 0.2) is 41.0 Å². The Morgan fingerprint density at radius 1 is 1.43 bits per heavy atom. The SMILES string of the molecule is CCNc1ncccc1COc1cc(Br)cc([N+](=O)[O-])c1. The molecule has 6 nitrogen and oxygen atoms in total. The van der Waals surface area contributed by atoms with Crippen LogP contribution < -0.4 is 10.1 Å². The van der Waals surface area contributed by atoms with Crippen LogP contribution in [0.1, 0.15) is 12.5 Å². The van der Waals surface area contributed by atoms with Crippen molar-refractivity contribution in [3.8, 4) is 5.75 Å². The van der Waals surface area contributed by atoms with Crippen molar-refractivity contribution in [2.24, 2.45) is 0 Å². The molecule has 1 N–H and O–H groups in total. The lowest BCUT2D eigenvalue weighted by atomic mass is 10.2. The van der Waals surface area contributed by atoms with Crippen LogP contribution in [0.4, 0.5) is 11.5 Å². The number of benzene rings is 1. The third-order valence-corrected chi connectivity index (χ3v) is 3.15. The summed E-state index contributed by atoms with van der Waals surface area (Å²) in [5.74, 6) is 1.19. The lowest BCUT2D eigenvalue weighted by Crippen LogP contribution is -2.05. The van der Waals surface area contributed by atoms with Gasteiger partial charge in [0.15, 0.2) is 0 Å². The molecule has 1 aromatic carbocycles. The number of non-ortho nitro benzene ring substituents is 1. The molecular formula is C14H14BrN3O3. The van der Waals surface area contributed by atoms with Crippen LogP contribution in [-0.4, -0.2) is 16.5 Å². The van der Waals surface area contributed by atoms with E-state index in [0.717, 1.165) is 17.9 Å². The number of halogens is 1. The summed E-state index contributed by atoms with van der Waals surface area (Å²) in [6, 6.07) is 8.24. The number of hydrogen-bond donors (Lipinski definition) is 1. The van der Waals surface area contributed by atoms with Gasteiger partial charge in [0.05, 0.1) is 11.0 Å². The molecule has 0 aliphatic rings. The molecule has 0 saturated carbocycles. The summed E-state index contributed by atoms with van der Waals surface area (Å²) >= 11 is 3.24. The van der Waals surface area contributed by atoms with E-state index in [1.54, 1.807) is 12.3 Å². The van der Waals surface area contributed by atoms with Crippen molar-refractivity contribution in [3.05, 3.63) is 56.7 Å². The van der Waals surface area contributed by atoms with Crippen LogP contribution in [0.5, 0.6) is 5.75 Å². The number of nitrogens with zero attached hydrogens (tertiary/aromatic N) is 2. The van der Waals surface area contributed by atoms with Gasteiger partial charge in [-0.25, -0.2) is 4.98 Å². The molecular weight excluding hydrogens is 338 g/mol. The third-order valence-electron chi connectivity index (χ3n) is 2.70. The molecule has 0 unspecified atom stereocenters. The maximum absolute atomic E-state index is 10.8. The Kier molecular flexibility index (Phi) is 5.10. The van der Waals surface area contributed by atoms with E-state index in [1.165, 1.54) is 12.1 Å². The summed E-state index contributed by atoms with van der Waals surface area (Å²) < 4.78 is 6.24. The van der Waals surface area contributed by atoms with Gasteiger partial charge in [0.2, 0.25) is 0 Å². The summed E-state index contributed by atoms with van der Waals surface area (Å²) in [7, 11) is 0. The first kappa shape index (κ1) is 15.2. The number of pyridine rings is 1. The number of aromatic nitrogens is 1. The van der Waals surface area contributed by atoms with E-state index < -0.39 is 4.92 Å². The van der Waals surface area contributed by atoms with Crippen molar-refractivity contribution >= 4 is 27.4 Å². The van der Waals surface area contributed by atoms with E-state index in [4.69, 9.17) is 4.74 Å². The number of nitrogens with one attached hydrogen (secondary N) is 1. The van der Waals surface area contributed by atoms with Crippen LogP contribution in [0.2, 0.25) is 0 Å². The topological polar surface area (TPSA) is 77.3 Å². The summed E-state index contributed by atoms with van der Waals surface area (Å²) in [6.07, 6.45) is 1.70. The lowest BCUT2D eigenvalue weighted by Gasteiger charge is -2.11. The minimum Gasteiger partial charge on any atom is -0.488 e. The fourth-order valence-electron chi connectivity index (χ4n) is 1.78. The molecule has 1 aromatic heterocycles. The van der Waals surface area contributed by atoms with Crippen LogP contribution in [0.25, 0.3) is 0 Å². The maximum atomic E-state index is 10.8. The Morgan fingerprint density at radius 2 is 2.24 bits per heavy atom. The molecule has 0 fully saturated rings. The number of hydrogen-bond acceptors (Lipinski definition) is 5. The van der Waals surface area contributed by atoms with Gasteiger partial charge in [-0.2, -0.15) is 0 Å². The third kappa shape index (κ3) is 4.16. The fraction of sp³-hybridized carbons (Fsp3) is 0.214. The molecule has 0 atom stereocenters. The van der Waals surface area contributed by atoms with Crippen molar-refractivity contribution in [3.63, 3.8) is 0 Å². The van der Waals surface area contributed by atoms with Gasteiger partial charge in [0, 0.05) is 28.8 Å². The summed E-state index contributed by atoms with van der Waals surface area (Å²) in [5.41, 5.74) is 0.874. The zero-order valence-corrected chi connectivity index (χ0v) is 13.0. The van der Waals surface area contributed by atoms with E-state index in [9.17, 15) is 10.1 Å². The standard InChI is InChI=1S/C14H14BrN3O3/c1-2-16-14-10(4-3-5-17-14)9-21-13-7-11(15)6-12(8-13)18(19)20/h3-8H,2,9H2,1H3,(H,16,17). The van der Waals surface area contributed by atoms with Gasteiger partial charge in [0.1, 0.15) is 18.2 Å². The molecule has 0 aliphatic carbocycles. The zero-order valence-electron chi connectivity index (χ0n) is 11.4. The number of ether oxygens (including phenoxy) is 1. The Bertz CT molecular complexity index is 649. The average molecular weight is 352 g/mol. The normalized spacial score (nSPS) is 10.2. The Labute approximate surface area is 130 Å². The predicted octanol–water partition coefficient (Wildman–Crippen LogP) is 3.76. The van der Waals surface area contributed by atoms with Gasteiger partial charge in [-0.1, -0.05) is 22.0 Å². The minimum absolute atomic E-state index is 0.0162. The first-order chi connectivity index (χ1) is 10.1. The molecule has 0 aliphatic heterocycles. The first-order valence-corrected chi connectivity index (χ1v) is 7.15. The van der Waals surface area contributed by atoms with Crippen molar-refractivity contribution < 1.29 is 9.66 Å². The van der Waals surface area contributed by atoms with E-state index in [2.05, 4.69) is 26.2 Å². The van der Waals surface area contributed by atoms with Gasteiger partial charge in [-0.05, 0) is 19.1 Å². The maximum Gasteiger partial charge on any atom is 0.274 e. The Hall–Kier alpha value is -2.15. The minimum atomic E-state index is -0.453. The van der Waals surface area contributed by atoms with Crippen molar-refractivity contribution in [2.45, 2.75) is 13.5 Å². The average Bonchev–Trinajstić information content (AvgIpc) is 2.46. The molecule has 0 bridgehead atoms. The molecule has 7 heteroatoms. The Balaban J connectivity index is 2.15. The number of nitro groups is 1. The zero-order chi connectivity index (χ0) is 15.2. The second kappa shape index (κ2) is 7.03. The fourth-order valence-corrected chi connectivity index (χ4v) is 2.24. The molecule has 110 valence electrons. The Morgan fingerprint density at radius 3 is 2.95 bits per heavy atom. The lowest BCUT2D eigenvalue weighted by molar-refractivity contribution is -0.385. The summed E-state index contributed by atoms with van der Waals surface area (Å²) in [6.45, 7) is 3.02. The molecule has 2 aromatic rings. The van der Waals surface area contributed by atoms with Crippen molar-refractivity contribution in [1.29, 1.82) is 0 Å². The highest BCUT2D eigenvalue weighted by molar-refractivity contribution is 9.10. The quantitative estimate of drug-likeness (QED) is 0.633. The number of nitro benzene ring substituents is 1. The van der Waals surface area contributed by atoms with Gasteiger partial charge in [-0.15, -0.1) is 0 Å². The van der Waals surface area contributed by atoms with Crippen LogP contribution in [0.3, 0.4) is 0 Å². The molecule has 0 radical (unpaired) electrons. The van der Waals surface area contributed by atoms with Gasteiger partial charge < -0.3 is 10.1 Å². The largest absolute Gasteiger partial charge is 0.488 e. The van der Waals surface area contributed by atoms with Crippen LogP contribution in [-0.2, 0) is 6.61 Å². The van der Waals surface area contributed by atoms with E-state index in [1.807, 2.05) is 19.1 Å². The molecule has 0 spiro atoms. The molecule has 2 rings (SSSR count). The van der Waals surface area contributed by atoms with Gasteiger partial charge in [-0.3, -0.25) is 10.1 Å². The smallest absolute Gasteiger partial charge is 0.274 e. The first-order valence-electron chi connectivity index (χ1n) is 6.35. The van der Waals surface area contributed by atoms with Gasteiger partial charge >= 0.3 is 0 Å². The van der Waals surface area contributed by atoms with Crippen LogP contribution >= 0.6 is 15.9 Å². The molecule has 21 heavy (non-hydrogen) atoms. The summed E-state index contributed by atoms with van der Waals surface area (Å²) in [4.78, 5) is 14.6. The summed E-state index contributed by atoms with van der Waals surface area (Å²) in [5, 5.41) is 14.0. The van der Waals surface area contributed by atoms with E-state index in [0.29, 0.717) is 10.2 Å². The van der Waals surface area contributed by atoms with Crippen molar-refractivity contribution in [2.75, 3.05) is 11.9 Å². The van der Waals surface area contributed by atoms with Crippen molar-refractivity contribution in [1.82, 2.24) is 4.98 Å². The molecule has 0 saturated heterocycles. The van der Waals surface area contributed by atoms with Gasteiger partial charge in [0.25, 0.3) is 5.69 Å². The predicted molar refractivity (Wildman–Crippen MR) is 83.5 cm³/mol. The monoisotopic (exact) mass is 351 g/mol. The molecule has 0 amide bonds. The highest BCUT2D eigenvalue weighted by Crippen LogP contribution is 2.27. The second-order valence-corrected chi connectivity index (χ2v) is 5.15. The number of rotatable bonds is 6. The van der Waals surface area contributed by atoms with Crippen LogP contribution in [0, 0.1) is 10.1 Å². The highest BCUT2D eigenvalue weighted by atomic mass is 79.9. The van der Waals surface area contributed by atoms with E-state index >= 15 is 0 Å². The highest BCUT2D eigenvalue weighted by Gasteiger charge is 2.10. The number of anilines is 1. The van der Waals surface area contributed by atoms with E-state index in [-0.39, 0.29) is 12.3 Å². The second-order valence-electron chi connectivity index (χ2n) is 4.23.